The Hall–Kier alpha value is -3.59. The van der Waals surface area contributed by atoms with Crippen LogP contribution in [0.5, 0.6) is 11.5 Å². The number of hydrogen-bond acceptors (Lipinski definition) is 6. The van der Waals surface area contributed by atoms with Gasteiger partial charge in [-0.1, -0.05) is 17.7 Å². The fourth-order valence-corrected chi connectivity index (χ4v) is 5.02. The summed E-state index contributed by atoms with van der Waals surface area (Å²) in [6.45, 7) is 5.11. The van der Waals surface area contributed by atoms with E-state index >= 15 is 0 Å². The monoisotopic (exact) mass is 493 g/mol. The number of hydrogen-bond donors (Lipinski definition) is 1. The number of nitrogens with zero attached hydrogens (tertiary/aromatic N) is 2. The van der Waals surface area contributed by atoms with Gasteiger partial charge in [-0.3, -0.25) is 14.4 Å². The lowest BCUT2D eigenvalue weighted by Gasteiger charge is -2.38. The van der Waals surface area contributed by atoms with E-state index in [4.69, 9.17) is 14.2 Å². The van der Waals surface area contributed by atoms with Crippen LogP contribution in [0.2, 0.25) is 0 Å². The minimum absolute atomic E-state index is 0.0742. The summed E-state index contributed by atoms with van der Waals surface area (Å²) in [5, 5.41) is 3.03. The van der Waals surface area contributed by atoms with Crippen LogP contribution in [-0.2, 0) is 9.53 Å². The molecule has 0 aliphatic carbocycles. The Bertz CT molecular complexity index is 1140. The summed E-state index contributed by atoms with van der Waals surface area (Å²) >= 11 is 0. The average Bonchev–Trinajstić information content (AvgIpc) is 3.39. The van der Waals surface area contributed by atoms with E-state index in [2.05, 4.69) is 5.32 Å². The van der Waals surface area contributed by atoms with Crippen molar-refractivity contribution in [2.45, 2.75) is 25.8 Å². The van der Waals surface area contributed by atoms with Crippen LogP contribution in [0, 0.1) is 12.8 Å². The number of carbonyl (C=O) groups excluding carboxylic acids is 3. The number of likely N-dealkylation sites (tertiary alicyclic amines) is 1. The normalized spacial score (nSPS) is 18.6. The maximum atomic E-state index is 13.5. The van der Waals surface area contributed by atoms with Gasteiger partial charge in [0.2, 0.25) is 12.7 Å². The van der Waals surface area contributed by atoms with E-state index in [0.717, 1.165) is 5.56 Å². The molecule has 2 aromatic rings. The molecular formula is C27H31N3O6. The van der Waals surface area contributed by atoms with Gasteiger partial charge in [0, 0.05) is 37.3 Å². The number of fused-ring (bicyclic) bond motifs is 1. The molecule has 36 heavy (non-hydrogen) atoms. The maximum absolute atomic E-state index is 13.5. The molecule has 190 valence electrons. The predicted octanol–water partition coefficient (Wildman–Crippen LogP) is 2.23. The first-order valence-corrected chi connectivity index (χ1v) is 12.4. The molecular weight excluding hydrogens is 462 g/mol. The zero-order valence-electron chi connectivity index (χ0n) is 20.4. The molecule has 1 atom stereocenters. The molecule has 0 aromatic heterocycles. The number of rotatable bonds is 5. The van der Waals surface area contributed by atoms with Gasteiger partial charge in [-0.05, 0) is 56.0 Å². The van der Waals surface area contributed by atoms with Crippen molar-refractivity contribution in [1.82, 2.24) is 15.1 Å². The molecule has 0 saturated carbocycles. The van der Waals surface area contributed by atoms with Crippen LogP contribution in [-0.4, -0.2) is 79.7 Å². The topological polar surface area (TPSA) is 97.4 Å². The summed E-state index contributed by atoms with van der Waals surface area (Å²) in [7, 11) is 0. The highest BCUT2D eigenvalue weighted by Crippen LogP contribution is 2.33. The number of piperidine rings is 1. The molecule has 2 aromatic carbocycles. The molecule has 0 spiro atoms. The van der Waals surface area contributed by atoms with Gasteiger partial charge in [0.1, 0.15) is 6.04 Å². The fourth-order valence-electron chi connectivity index (χ4n) is 5.02. The Morgan fingerprint density at radius 2 is 1.64 bits per heavy atom. The molecule has 9 heteroatoms. The highest BCUT2D eigenvalue weighted by Gasteiger charge is 2.37. The van der Waals surface area contributed by atoms with Crippen LogP contribution >= 0.6 is 0 Å². The number of morpholine rings is 1. The summed E-state index contributed by atoms with van der Waals surface area (Å²) in [4.78, 5) is 43.3. The van der Waals surface area contributed by atoms with Gasteiger partial charge in [-0.2, -0.15) is 0 Å². The second kappa shape index (κ2) is 10.6. The van der Waals surface area contributed by atoms with Crippen molar-refractivity contribution in [2.24, 2.45) is 5.92 Å². The Balaban J connectivity index is 1.28. The minimum atomic E-state index is -0.654. The van der Waals surface area contributed by atoms with Gasteiger partial charge >= 0.3 is 0 Å². The zero-order chi connectivity index (χ0) is 25.1. The molecule has 9 nitrogen and oxygen atoms in total. The van der Waals surface area contributed by atoms with E-state index in [9.17, 15) is 14.4 Å². The third-order valence-corrected chi connectivity index (χ3v) is 7.07. The van der Waals surface area contributed by atoms with Crippen LogP contribution in [0.4, 0.5) is 0 Å². The Kier molecular flexibility index (Phi) is 7.09. The summed E-state index contributed by atoms with van der Waals surface area (Å²) in [6.07, 6.45) is 1.23. The standard InChI is InChI=1S/C27H31N3O6/c1-18-3-2-4-20(15-18)25(31)28-24(27(33)30-11-13-34-14-12-30)19-7-9-29(10-8-19)26(32)21-5-6-22-23(16-21)36-17-35-22/h2-6,15-16,19,24H,7-14,17H2,1H3,(H,28,31)/t24-/m1/s1. The number of nitrogens with one attached hydrogen (secondary N) is 1. The van der Waals surface area contributed by atoms with E-state index in [1.807, 2.05) is 25.1 Å². The van der Waals surface area contributed by atoms with E-state index < -0.39 is 6.04 Å². The van der Waals surface area contributed by atoms with Crippen LogP contribution in [0.25, 0.3) is 0 Å². The quantitative estimate of drug-likeness (QED) is 0.686. The smallest absolute Gasteiger partial charge is 0.253 e. The van der Waals surface area contributed by atoms with Crippen molar-refractivity contribution < 1.29 is 28.6 Å². The highest BCUT2D eigenvalue weighted by atomic mass is 16.7. The largest absolute Gasteiger partial charge is 0.454 e. The highest BCUT2D eigenvalue weighted by molar-refractivity contribution is 5.98. The first kappa shape index (κ1) is 24.1. The summed E-state index contributed by atoms with van der Waals surface area (Å²) in [6, 6.07) is 11.9. The van der Waals surface area contributed by atoms with Gasteiger partial charge in [0.25, 0.3) is 11.8 Å². The van der Waals surface area contributed by atoms with Gasteiger partial charge < -0.3 is 29.3 Å². The lowest BCUT2D eigenvalue weighted by molar-refractivity contribution is -0.139. The van der Waals surface area contributed by atoms with Crippen molar-refractivity contribution in [1.29, 1.82) is 0 Å². The Morgan fingerprint density at radius 3 is 2.39 bits per heavy atom. The van der Waals surface area contributed by atoms with Crippen LogP contribution < -0.4 is 14.8 Å². The molecule has 3 heterocycles. The molecule has 5 rings (SSSR count). The molecule has 1 N–H and O–H groups in total. The Morgan fingerprint density at radius 1 is 0.889 bits per heavy atom. The lowest BCUT2D eigenvalue weighted by atomic mass is 9.87. The first-order valence-electron chi connectivity index (χ1n) is 12.4. The van der Waals surface area contributed by atoms with Crippen LogP contribution in [0.15, 0.2) is 42.5 Å². The molecule has 3 aliphatic heterocycles. The second-order valence-corrected chi connectivity index (χ2v) is 9.46. The van der Waals surface area contributed by atoms with Crippen molar-refractivity contribution >= 4 is 17.7 Å². The van der Waals surface area contributed by atoms with Crippen LogP contribution in [0.3, 0.4) is 0 Å². The summed E-state index contributed by atoms with van der Waals surface area (Å²) < 4.78 is 16.1. The number of amides is 3. The SMILES string of the molecule is Cc1cccc(C(=O)N[C@@H](C(=O)N2CCOCC2)C2CCN(C(=O)c3ccc4c(c3)OCO4)CC2)c1. The number of benzene rings is 2. The number of ether oxygens (including phenoxy) is 3. The second-order valence-electron chi connectivity index (χ2n) is 9.46. The van der Waals surface area contributed by atoms with E-state index in [1.54, 1.807) is 34.1 Å². The third kappa shape index (κ3) is 5.16. The summed E-state index contributed by atoms with van der Waals surface area (Å²) in [5.41, 5.74) is 2.06. The van der Waals surface area contributed by atoms with E-state index in [-0.39, 0.29) is 30.4 Å². The van der Waals surface area contributed by atoms with Crippen molar-refractivity contribution in [2.75, 3.05) is 46.2 Å². The fraction of sp³-hybridized carbons (Fsp3) is 0.444. The average molecular weight is 494 g/mol. The molecule has 0 radical (unpaired) electrons. The molecule has 2 fully saturated rings. The molecule has 3 amide bonds. The van der Waals surface area contributed by atoms with Crippen molar-refractivity contribution in [3.63, 3.8) is 0 Å². The van der Waals surface area contributed by atoms with Crippen LogP contribution in [0.1, 0.15) is 39.1 Å². The molecule has 2 saturated heterocycles. The van der Waals surface area contributed by atoms with Gasteiger partial charge in [-0.25, -0.2) is 0 Å². The van der Waals surface area contributed by atoms with E-state index in [1.165, 1.54) is 0 Å². The molecule has 3 aliphatic rings. The van der Waals surface area contributed by atoms with Crippen molar-refractivity contribution in [3.8, 4) is 11.5 Å². The van der Waals surface area contributed by atoms with Gasteiger partial charge in [-0.15, -0.1) is 0 Å². The van der Waals surface area contributed by atoms with Crippen molar-refractivity contribution in [3.05, 3.63) is 59.2 Å². The molecule has 0 unspecified atom stereocenters. The lowest BCUT2D eigenvalue weighted by Crippen LogP contribution is -2.56. The number of aryl methyl sites for hydroxylation is 1. The Labute approximate surface area is 210 Å². The molecule has 0 bridgehead atoms. The first-order chi connectivity index (χ1) is 17.5. The third-order valence-electron chi connectivity index (χ3n) is 7.07. The predicted molar refractivity (Wildman–Crippen MR) is 131 cm³/mol. The summed E-state index contributed by atoms with van der Waals surface area (Å²) in [5.74, 6) is 0.718. The number of carbonyl (C=O) groups is 3. The minimum Gasteiger partial charge on any atom is -0.454 e. The van der Waals surface area contributed by atoms with E-state index in [0.29, 0.717) is 74.9 Å². The van der Waals surface area contributed by atoms with Gasteiger partial charge in [0.05, 0.1) is 13.2 Å². The van der Waals surface area contributed by atoms with Gasteiger partial charge in [0.15, 0.2) is 11.5 Å². The maximum Gasteiger partial charge on any atom is 0.253 e. The zero-order valence-corrected chi connectivity index (χ0v) is 20.4.